The number of benzene rings is 1. The number of carbonyl (C=O) groups excluding carboxylic acids is 1. The highest BCUT2D eigenvalue weighted by molar-refractivity contribution is 5.97. The third-order valence-electron chi connectivity index (χ3n) is 3.33. The van der Waals surface area contributed by atoms with Gasteiger partial charge in [-0.3, -0.25) is 0 Å². The second-order valence-corrected chi connectivity index (χ2v) is 4.56. The SMILES string of the molecule is C/C(=C1\CCOC1=O)n1cnc2cc(C)ccc21. The van der Waals surface area contributed by atoms with E-state index in [2.05, 4.69) is 4.98 Å². The van der Waals surface area contributed by atoms with Crippen molar-refractivity contribution in [2.45, 2.75) is 20.3 Å². The molecule has 3 rings (SSSR count). The molecule has 0 radical (unpaired) electrons. The van der Waals surface area contributed by atoms with Gasteiger partial charge in [0.1, 0.15) is 6.33 Å². The van der Waals surface area contributed by atoms with Crippen LogP contribution >= 0.6 is 0 Å². The molecule has 4 nitrogen and oxygen atoms in total. The van der Waals surface area contributed by atoms with Gasteiger partial charge in [0.15, 0.2) is 0 Å². The summed E-state index contributed by atoms with van der Waals surface area (Å²) in [6.45, 7) is 4.46. The van der Waals surface area contributed by atoms with Crippen LogP contribution in [0.25, 0.3) is 16.7 Å². The molecule has 18 heavy (non-hydrogen) atoms. The Hall–Kier alpha value is -2.10. The van der Waals surface area contributed by atoms with Crippen molar-refractivity contribution in [3.05, 3.63) is 35.7 Å². The highest BCUT2D eigenvalue weighted by Gasteiger charge is 2.22. The van der Waals surface area contributed by atoms with E-state index in [-0.39, 0.29) is 5.97 Å². The summed E-state index contributed by atoms with van der Waals surface area (Å²) in [5, 5.41) is 0. The number of carbonyl (C=O) groups is 1. The van der Waals surface area contributed by atoms with Crippen molar-refractivity contribution in [3.8, 4) is 0 Å². The summed E-state index contributed by atoms with van der Waals surface area (Å²) in [7, 11) is 0. The quantitative estimate of drug-likeness (QED) is 0.570. The van der Waals surface area contributed by atoms with Crippen molar-refractivity contribution in [1.82, 2.24) is 9.55 Å². The van der Waals surface area contributed by atoms with E-state index >= 15 is 0 Å². The third kappa shape index (κ3) is 1.61. The van der Waals surface area contributed by atoms with E-state index in [1.807, 2.05) is 36.6 Å². The minimum Gasteiger partial charge on any atom is -0.462 e. The summed E-state index contributed by atoms with van der Waals surface area (Å²) >= 11 is 0. The Labute approximate surface area is 105 Å². The number of aryl methyl sites for hydroxylation is 1. The van der Waals surface area contributed by atoms with E-state index in [1.165, 1.54) is 5.56 Å². The molecule has 1 aromatic heterocycles. The summed E-state index contributed by atoms with van der Waals surface area (Å²) in [6.07, 6.45) is 2.44. The van der Waals surface area contributed by atoms with Crippen LogP contribution < -0.4 is 0 Å². The molecule has 1 aliphatic heterocycles. The Balaban J connectivity index is 2.18. The predicted octanol–water partition coefficient (Wildman–Crippen LogP) is 2.52. The van der Waals surface area contributed by atoms with Gasteiger partial charge in [-0.05, 0) is 31.5 Å². The van der Waals surface area contributed by atoms with Crippen molar-refractivity contribution in [2.75, 3.05) is 6.61 Å². The lowest BCUT2D eigenvalue weighted by Crippen LogP contribution is -2.02. The molecule has 0 atom stereocenters. The molecule has 1 aromatic carbocycles. The minimum atomic E-state index is -0.207. The smallest absolute Gasteiger partial charge is 0.335 e. The van der Waals surface area contributed by atoms with Gasteiger partial charge in [0, 0.05) is 12.1 Å². The number of ether oxygens (including phenoxy) is 1. The van der Waals surface area contributed by atoms with Crippen LogP contribution in [0.3, 0.4) is 0 Å². The lowest BCUT2D eigenvalue weighted by Gasteiger charge is -2.06. The molecule has 0 N–H and O–H groups in total. The standard InChI is InChI=1S/C14H14N2O2/c1-9-3-4-13-12(7-9)15-8-16(13)10(2)11-5-6-18-14(11)17/h3-4,7-8H,5-6H2,1-2H3/b11-10-. The van der Waals surface area contributed by atoms with E-state index in [4.69, 9.17) is 4.74 Å². The van der Waals surface area contributed by atoms with Gasteiger partial charge in [-0.1, -0.05) is 6.07 Å². The number of allylic oxidation sites excluding steroid dienone is 1. The number of aromatic nitrogens is 2. The van der Waals surface area contributed by atoms with Gasteiger partial charge in [0.2, 0.25) is 0 Å². The third-order valence-corrected chi connectivity index (χ3v) is 3.33. The van der Waals surface area contributed by atoms with Crippen LogP contribution in [-0.4, -0.2) is 22.1 Å². The maximum Gasteiger partial charge on any atom is 0.335 e. The Morgan fingerprint density at radius 3 is 3.00 bits per heavy atom. The Morgan fingerprint density at radius 1 is 1.44 bits per heavy atom. The lowest BCUT2D eigenvalue weighted by molar-refractivity contribution is -0.135. The van der Waals surface area contributed by atoms with Crippen LogP contribution in [0.15, 0.2) is 30.1 Å². The van der Waals surface area contributed by atoms with E-state index in [1.54, 1.807) is 6.33 Å². The summed E-state index contributed by atoms with van der Waals surface area (Å²) in [4.78, 5) is 16.0. The lowest BCUT2D eigenvalue weighted by atomic mass is 10.1. The zero-order valence-electron chi connectivity index (χ0n) is 10.4. The highest BCUT2D eigenvalue weighted by atomic mass is 16.5. The molecule has 4 heteroatoms. The Kier molecular flexibility index (Phi) is 2.44. The number of cyclic esters (lactones) is 1. The zero-order chi connectivity index (χ0) is 12.7. The van der Waals surface area contributed by atoms with Crippen molar-refractivity contribution in [3.63, 3.8) is 0 Å². The molecule has 0 amide bonds. The van der Waals surface area contributed by atoms with Crippen LogP contribution in [0.2, 0.25) is 0 Å². The van der Waals surface area contributed by atoms with Crippen LogP contribution in [0, 0.1) is 6.92 Å². The monoisotopic (exact) mass is 242 g/mol. The predicted molar refractivity (Wildman–Crippen MR) is 68.9 cm³/mol. The van der Waals surface area contributed by atoms with E-state index in [0.717, 1.165) is 22.3 Å². The van der Waals surface area contributed by atoms with Crippen LogP contribution in [0.5, 0.6) is 0 Å². The average molecular weight is 242 g/mol. The number of fused-ring (bicyclic) bond motifs is 1. The molecule has 0 unspecified atom stereocenters. The van der Waals surface area contributed by atoms with E-state index < -0.39 is 0 Å². The van der Waals surface area contributed by atoms with E-state index in [0.29, 0.717) is 13.0 Å². The van der Waals surface area contributed by atoms with Crippen LogP contribution in [0.4, 0.5) is 0 Å². The van der Waals surface area contributed by atoms with Gasteiger partial charge in [0.05, 0.1) is 23.2 Å². The maximum atomic E-state index is 11.6. The second kappa shape index (κ2) is 3.98. The fraction of sp³-hybridized carbons (Fsp3) is 0.286. The highest BCUT2D eigenvalue weighted by Crippen LogP contribution is 2.24. The molecule has 0 spiro atoms. The first-order valence-corrected chi connectivity index (χ1v) is 5.98. The minimum absolute atomic E-state index is 0.207. The second-order valence-electron chi connectivity index (χ2n) is 4.56. The fourth-order valence-corrected chi connectivity index (χ4v) is 2.30. The molecule has 92 valence electrons. The van der Waals surface area contributed by atoms with Gasteiger partial charge in [-0.25, -0.2) is 9.78 Å². The van der Waals surface area contributed by atoms with Crippen molar-refractivity contribution in [2.24, 2.45) is 0 Å². The summed E-state index contributed by atoms with van der Waals surface area (Å²) in [6, 6.07) is 6.12. The topological polar surface area (TPSA) is 44.1 Å². The van der Waals surface area contributed by atoms with Gasteiger partial charge in [-0.15, -0.1) is 0 Å². The molecule has 0 bridgehead atoms. The first kappa shape index (κ1) is 11.0. The van der Waals surface area contributed by atoms with Crippen LogP contribution in [-0.2, 0) is 9.53 Å². The first-order valence-electron chi connectivity index (χ1n) is 5.98. The number of nitrogens with zero attached hydrogens (tertiary/aromatic N) is 2. The Bertz CT molecular complexity index is 667. The van der Waals surface area contributed by atoms with E-state index in [9.17, 15) is 4.79 Å². The molecule has 2 aromatic rings. The zero-order valence-corrected chi connectivity index (χ0v) is 10.4. The normalized spacial score (nSPS) is 18.2. The number of hydrogen-bond donors (Lipinski definition) is 0. The molecule has 0 aliphatic carbocycles. The number of rotatable bonds is 1. The molecular formula is C14H14N2O2. The molecule has 1 saturated heterocycles. The largest absolute Gasteiger partial charge is 0.462 e. The first-order chi connectivity index (χ1) is 8.66. The number of imidazole rings is 1. The summed E-state index contributed by atoms with van der Waals surface area (Å²) in [5.74, 6) is -0.207. The van der Waals surface area contributed by atoms with Gasteiger partial charge >= 0.3 is 5.97 Å². The molecule has 0 saturated carbocycles. The fourth-order valence-electron chi connectivity index (χ4n) is 2.30. The van der Waals surface area contributed by atoms with Crippen LogP contribution in [0.1, 0.15) is 18.9 Å². The van der Waals surface area contributed by atoms with Gasteiger partial charge in [-0.2, -0.15) is 0 Å². The molecular weight excluding hydrogens is 228 g/mol. The van der Waals surface area contributed by atoms with Crippen molar-refractivity contribution in [1.29, 1.82) is 0 Å². The Morgan fingerprint density at radius 2 is 2.28 bits per heavy atom. The maximum absolute atomic E-state index is 11.6. The van der Waals surface area contributed by atoms with Gasteiger partial charge < -0.3 is 9.30 Å². The molecule has 1 aliphatic rings. The van der Waals surface area contributed by atoms with Gasteiger partial charge in [0.25, 0.3) is 0 Å². The average Bonchev–Trinajstić information content (AvgIpc) is 2.94. The van der Waals surface area contributed by atoms with Crippen molar-refractivity contribution >= 4 is 22.7 Å². The summed E-state index contributed by atoms with van der Waals surface area (Å²) in [5.41, 5.74) is 4.80. The van der Waals surface area contributed by atoms with Crippen molar-refractivity contribution < 1.29 is 9.53 Å². The molecule has 1 fully saturated rings. The summed E-state index contributed by atoms with van der Waals surface area (Å²) < 4.78 is 6.94. The number of esters is 1. The number of hydrogen-bond acceptors (Lipinski definition) is 3. The molecule has 2 heterocycles.